The number of nitrogens with zero attached hydrogens (tertiary/aromatic N) is 7. The van der Waals surface area contributed by atoms with E-state index in [-0.39, 0.29) is 23.9 Å². The zero-order valence-corrected chi connectivity index (χ0v) is 23.6. The van der Waals surface area contributed by atoms with E-state index in [4.69, 9.17) is 4.74 Å². The monoisotopic (exact) mass is 589 g/mol. The van der Waals surface area contributed by atoms with E-state index in [0.29, 0.717) is 60.2 Å². The fraction of sp³-hybridized carbons (Fsp3) is 0.333. The van der Waals surface area contributed by atoms with Gasteiger partial charge in [-0.25, -0.2) is 14.4 Å². The van der Waals surface area contributed by atoms with Gasteiger partial charge in [0.25, 0.3) is 0 Å². The molecule has 2 aromatic heterocycles. The van der Waals surface area contributed by atoms with Crippen LogP contribution in [0.4, 0.5) is 20.3 Å². The molecule has 2 aliphatic rings. The van der Waals surface area contributed by atoms with Crippen molar-refractivity contribution < 1.29 is 23.2 Å². The summed E-state index contributed by atoms with van der Waals surface area (Å²) in [7, 11) is 0. The standard InChI is InChI=1S/C30H29F2N7O4/c1-19(2)38-24(7-9-35-38)22-12-21(31)4-6-26(22)43-27-14-33-18-34-29(27)36-10-8-30(16-36)13-28(40)37(17-30)15-20-3-5-23(32)25(11-20)39(41)42/h3-7,9,11-12,14,18-19H,8,10,13,15-17H2,1-2H3. The highest BCUT2D eigenvalue weighted by Gasteiger charge is 2.48. The number of benzene rings is 2. The van der Waals surface area contributed by atoms with Gasteiger partial charge < -0.3 is 14.5 Å². The first-order valence-electron chi connectivity index (χ1n) is 13.9. The summed E-state index contributed by atoms with van der Waals surface area (Å²) in [6, 6.07) is 9.86. The maximum atomic E-state index is 14.4. The van der Waals surface area contributed by atoms with Gasteiger partial charge >= 0.3 is 5.69 Å². The second-order valence-corrected chi connectivity index (χ2v) is 11.3. The van der Waals surface area contributed by atoms with Gasteiger partial charge in [0.05, 0.1) is 16.8 Å². The number of nitro groups is 1. The van der Waals surface area contributed by atoms with Crippen LogP contribution in [0, 0.1) is 27.2 Å². The summed E-state index contributed by atoms with van der Waals surface area (Å²) in [5, 5.41) is 15.5. The SMILES string of the molecule is CC(C)n1nccc1-c1cc(F)ccc1Oc1cncnc1N1CCC2(CC(=O)N(Cc3ccc(F)c([N+](=O)[O-])c3)C2)C1. The minimum atomic E-state index is -0.911. The Labute approximate surface area is 245 Å². The Hall–Kier alpha value is -4.94. The molecule has 2 aromatic carbocycles. The molecule has 1 unspecified atom stereocenters. The molecule has 1 atom stereocenters. The lowest BCUT2D eigenvalue weighted by molar-refractivity contribution is -0.387. The number of hydrogen-bond acceptors (Lipinski definition) is 8. The number of rotatable bonds is 8. The van der Waals surface area contributed by atoms with E-state index in [2.05, 4.69) is 20.0 Å². The maximum absolute atomic E-state index is 14.4. The Morgan fingerprint density at radius 3 is 2.74 bits per heavy atom. The van der Waals surface area contributed by atoms with Gasteiger partial charge in [0.2, 0.25) is 11.7 Å². The number of ether oxygens (including phenoxy) is 1. The molecule has 1 spiro atoms. The highest BCUT2D eigenvalue weighted by atomic mass is 19.1. The molecule has 0 radical (unpaired) electrons. The highest BCUT2D eigenvalue weighted by molar-refractivity contribution is 5.80. The highest BCUT2D eigenvalue weighted by Crippen LogP contribution is 2.44. The van der Waals surface area contributed by atoms with Crippen LogP contribution < -0.4 is 9.64 Å². The average Bonchev–Trinajstić information content (AvgIpc) is 3.70. The van der Waals surface area contributed by atoms with Crippen LogP contribution in [0.2, 0.25) is 0 Å². The molecule has 2 saturated heterocycles. The Kier molecular flexibility index (Phi) is 7.24. The summed E-state index contributed by atoms with van der Waals surface area (Å²) in [4.78, 5) is 35.8. The van der Waals surface area contributed by atoms with Crippen LogP contribution in [0.15, 0.2) is 61.2 Å². The molecule has 13 heteroatoms. The molecule has 11 nitrogen and oxygen atoms in total. The van der Waals surface area contributed by atoms with E-state index < -0.39 is 22.2 Å². The van der Waals surface area contributed by atoms with Crippen molar-refractivity contribution in [3.8, 4) is 22.8 Å². The van der Waals surface area contributed by atoms with E-state index in [1.807, 2.05) is 13.8 Å². The van der Waals surface area contributed by atoms with E-state index in [9.17, 15) is 23.7 Å². The minimum absolute atomic E-state index is 0.0457. The first-order valence-corrected chi connectivity index (χ1v) is 13.9. The van der Waals surface area contributed by atoms with E-state index in [0.717, 1.165) is 12.5 Å². The van der Waals surface area contributed by atoms with Gasteiger partial charge in [0.15, 0.2) is 11.6 Å². The lowest BCUT2D eigenvalue weighted by Crippen LogP contribution is -2.31. The van der Waals surface area contributed by atoms with Crippen LogP contribution >= 0.6 is 0 Å². The second-order valence-electron chi connectivity index (χ2n) is 11.3. The minimum Gasteiger partial charge on any atom is -0.451 e. The van der Waals surface area contributed by atoms with E-state index >= 15 is 0 Å². The molecule has 0 saturated carbocycles. The Bertz CT molecular complexity index is 1710. The van der Waals surface area contributed by atoms with E-state index in [1.165, 1.54) is 30.6 Å². The fourth-order valence-corrected chi connectivity index (χ4v) is 6.00. The van der Waals surface area contributed by atoms with Crippen molar-refractivity contribution in [2.24, 2.45) is 5.41 Å². The van der Waals surface area contributed by atoms with Gasteiger partial charge in [-0.15, -0.1) is 0 Å². The lowest BCUT2D eigenvalue weighted by atomic mass is 9.86. The van der Waals surface area contributed by atoms with Gasteiger partial charge in [0, 0.05) is 61.9 Å². The largest absolute Gasteiger partial charge is 0.451 e. The summed E-state index contributed by atoms with van der Waals surface area (Å²) < 4.78 is 36.3. The molecule has 0 aliphatic carbocycles. The summed E-state index contributed by atoms with van der Waals surface area (Å²) in [5.74, 6) is -0.0152. The summed E-state index contributed by atoms with van der Waals surface area (Å²) in [6.07, 6.45) is 5.69. The summed E-state index contributed by atoms with van der Waals surface area (Å²) in [6.45, 7) is 5.73. The summed E-state index contributed by atoms with van der Waals surface area (Å²) in [5.41, 5.74) is 0.778. The molecule has 1 amide bonds. The van der Waals surface area contributed by atoms with Crippen molar-refractivity contribution in [2.75, 3.05) is 24.5 Å². The van der Waals surface area contributed by atoms with Gasteiger partial charge in [-0.3, -0.25) is 19.6 Å². The average molecular weight is 590 g/mol. The molecule has 0 N–H and O–H groups in total. The lowest BCUT2D eigenvalue weighted by Gasteiger charge is -2.25. The predicted octanol–water partition coefficient (Wildman–Crippen LogP) is 5.53. The maximum Gasteiger partial charge on any atom is 0.305 e. The van der Waals surface area contributed by atoms with E-state index in [1.54, 1.807) is 34.1 Å². The normalized spacial score (nSPS) is 18.3. The molecule has 222 valence electrons. The number of carbonyl (C=O) groups is 1. The zero-order chi connectivity index (χ0) is 30.3. The van der Waals surface area contributed by atoms with Crippen LogP contribution in [0.1, 0.15) is 38.3 Å². The molecule has 0 bridgehead atoms. The first-order chi connectivity index (χ1) is 20.6. The van der Waals surface area contributed by atoms with Gasteiger partial charge in [-0.2, -0.15) is 9.49 Å². The number of carbonyl (C=O) groups excluding carboxylic acids is 1. The van der Waals surface area contributed by atoms with Crippen LogP contribution in [-0.2, 0) is 11.3 Å². The van der Waals surface area contributed by atoms with Crippen LogP contribution in [-0.4, -0.2) is 55.1 Å². The van der Waals surface area contributed by atoms with Gasteiger partial charge in [-0.1, -0.05) is 6.07 Å². The molecule has 6 rings (SSSR count). The van der Waals surface area contributed by atoms with Crippen molar-refractivity contribution in [1.82, 2.24) is 24.6 Å². The van der Waals surface area contributed by atoms with Crippen molar-refractivity contribution in [3.05, 3.63) is 88.5 Å². The van der Waals surface area contributed by atoms with Crippen molar-refractivity contribution >= 4 is 17.4 Å². The number of aromatic nitrogens is 4. The molecule has 4 aromatic rings. The Morgan fingerprint density at radius 1 is 1.12 bits per heavy atom. The van der Waals surface area contributed by atoms with Crippen LogP contribution in [0.25, 0.3) is 11.3 Å². The van der Waals surface area contributed by atoms with Crippen molar-refractivity contribution in [1.29, 1.82) is 0 Å². The number of anilines is 1. The number of nitro benzene ring substituents is 1. The fourth-order valence-electron chi connectivity index (χ4n) is 6.00. The molecule has 4 heterocycles. The second kappa shape index (κ2) is 11.0. The topological polar surface area (TPSA) is 120 Å². The van der Waals surface area contributed by atoms with Crippen molar-refractivity contribution in [3.63, 3.8) is 0 Å². The third-order valence-corrected chi connectivity index (χ3v) is 7.98. The first kappa shape index (κ1) is 28.2. The zero-order valence-electron chi connectivity index (χ0n) is 23.6. The third kappa shape index (κ3) is 5.49. The number of halogens is 2. The number of amides is 1. The molecular weight excluding hydrogens is 560 g/mol. The van der Waals surface area contributed by atoms with Crippen LogP contribution in [0.3, 0.4) is 0 Å². The van der Waals surface area contributed by atoms with Gasteiger partial charge in [0.1, 0.15) is 17.9 Å². The smallest absolute Gasteiger partial charge is 0.305 e. The molecular formula is C30H29F2N7O4. The van der Waals surface area contributed by atoms with Gasteiger partial charge in [-0.05, 0) is 56.2 Å². The number of likely N-dealkylation sites (tertiary alicyclic amines) is 1. The Balaban J connectivity index is 1.22. The Morgan fingerprint density at radius 2 is 1.95 bits per heavy atom. The van der Waals surface area contributed by atoms with Crippen molar-refractivity contribution in [2.45, 2.75) is 39.3 Å². The predicted molar refractivity (Wildman–Crippen MR) is 152 cm³/mol. The molecule has 2 aliphatic heterocycles. The number of hydrogen-bond donors (Lipinski definition) is 0. The van der Waals surface area contributed by atoms with Crippen LogP contribution in [0.5, 0.6) is 11.5 Å². The summed E-state index contributed by atoms with van der Waals surface area (Å²) >= 11 is 0. The molecule has 43 heavy (non-hydrogen) atoms. The third-order valence-electron chi connectivity index (χ3n) is 7.98. The quantitative estimate of drug-likeness (QED) is 0.194. The molecule has 2 fully saturated rings.